The quantitative estimate of drug-likeness (QED) is 0.894. The molecule has 0 saturated carbocycles. The van der Waals surface area contributed by atoms with Crippen LogP contribution in [-0.2, 0) is 14.8 Å². The van der Waals surface area contributed by atoms with Crippen molar-refractivity contribution in [3.05, 3.63) is 48.0 Å². The van der Waals surface area contributed by atoms with Crippen molar-refractivity contribution in [2.24, 2.45) is 0 Å². The number of carbonyl (C=O) groups is 1. The molecule has 0 aliphatic carbocycles. The van der Waals surface area contributed by atoms with E-state index in [2.05, 4.69) is 4.72 Å². The average molecular weight is 373 g/mol. The number of amides is 1. The lowest BCUT2D eigenvalue weighted by molar-refractivity contribution is -0.119. The van der Waals surface area contributed by atoms with Gasteiger partial charge in [0.15, 0.2) is 0 Å². The minimum atomic E-state index is -3.67. The summed E-state index contributed by atoms with van der Waals surface area (Å²) in [7, 11) is -0.0662. The Hall–Kier alpha value is -2.54. The standard InChI is InChI=1S/C19H23N3O3S/c1-5-16-19(23)22(4)17-11-8-14(12-18(17)21(16)3)20-26(24,25)15-9-6-13(2)7-10-15/h6-12,16,20H,5H2,1-4H3/t16-/m0/s1. The SMILES string of the molecule is CC[C@H]1C(=O)N(C)c2ccc(NS(=O)(=O)c3ccc(C)cc3)cc2N1C. The zero-order chi connectivity index (χ0) is 19.1. The molecule has 0 spiro atoms. The third-order valence-corrected chi connectivity index (χ3v) is 6.17. The Balaban J connectivity index is 1.95. The molecule has 3 rings (SSSR count). The maximum atomic E-state index is 12.6. The molecule has 0 radical (unpaired) electrons. The summed E-state index contributed by atoms with van der Waals surface area (Å²) < 4.78 is 27.8. The smallest absolute Gasteiger partial charge is 0.261 e. The molecule has 1 N–H and O–H groups in total. The van der Waals surface area contributed by atoms with Crippen LogP contribution in [0.15, 0.2) is 47.4 Å². The molecule has 7 heteroatoms. The molecule has 6 nitrogen and oxygen atoms in total. The summed E-state index contributed by atoms with van der Waals surface area (Å²) in [6.07, 6.45) is 0.679. The Bertz CT molecular complexity index is 939. The van der Waals surface area contributed by atoms with Crippen molar-refractivity contribution < 1.29 is 13.2 Å². The van der Waals surface area contributed by atoms with E-state index < -0.39 is 10.0 Å². The molecule has 2 aromatic rings. The fraction of sp³-hybridized carbons (Fsp3) is 0.316. The van der Waals surface area contributed by atoms with E-state index in [0.29, 0.717) is 12.1 Å². The highest BCUT2D eigenvalue weighted by Gasteiger charge is 2.33. The fourth-order valence-electron chi connectivity index (χ4n) is 3.21. The van der Waals surface area contributed by atoms with Gasteiger partial charge in [-0.15, -0.1) is 0 Å². The molecule has 1 amide bonds. The van der Waals surface area contributed by atoms with Crippen LogP contribution in [0.4, 0.5) is 17.1 Å². The van der Waals surface area contributed by atoms with E-state index in [0.717, 1.165) is 16.9 Å². The summed E-state index contributed by atoms with van der Waals surface area (Å²) in [4.78, 5) is 16.2. The van der Waals surface area contributed by atoms with E-state index in [1.807, 2.05) is 25.8 Å². The summed E-state index contributed by atoms with van der Waals surface area (Å²) in [5, 5.41) is 0. The Morgan fingerprint density at radius 3 is 2.31 bits per heavy atom. The molecule has 1 aliphatic heterocycles. The zero-order valence-electron chi connectivity index (χ0n) is 15.4. The molecular formula is C19H23N3O3S. The number of fused-ring (bicyclic) bond motifs is 1. The van der Waals surface area contributed by atoms with Gasteiger partial charge in [-0.25, -0.2) is 8.42 Å². The lowest BCUT2D eigenvalue weighted by atomic mass is 10.1. The van der Waals surface area contributed by atoms with Gasteiger partial charge in [-0.1, -0.05) is 24.6 Å². The van der Waals surface area contributed by atoms with Crippen molar-refractivity contribution in [2.45, 2.75) is 31.2 Å². The number of aryl methyl sites for hydroxylation is 1. The van der Waals surface area contributed by atoms with Crippen LogP contribution >= 0.6 is 0 Å². The van der Waals surface area contributed by atoms with Gasteiger partial charge in [0.2, 0.25) is 5.91 Å². The second kappa shape index (κ2) is 6.64. The molecule has 0 aromatic heterocycles. The van der Waals surface area contributed by atoms with Gasteiger partial charge in [0, 0.05) is 14.1 Å². The Morgan fingerprint density at radius 1 is 1.04 bits per heavy atom. The first-order valence-electron chi connectivity index (χ1n) is 8.48. The predicted molar refractivity (Wildman–Crippen MR) is 104 cm³/mol. The number of benzene rings is 2. The number of nitrogens with one attached hydrogen (secondary N) is 1. The molecular weight excluding hydrogens is 350 g/mol. The highest BCUT2D eigenvalue weighted by Crippen LogP contribution is 2.37. The van der Waals surface area contributed by atoms with E-state index in [1.54, 1.807) is 54.4 Å². The van der Waals surface area contributed by atoms with Gasteiger partial charge < -0.3 is 9.80 Å². The number of nitrogens with zero attached hydrogens (tertiary/aromatic N) is 2. The van der Waals surface area contributed by atoms with Gasteiger partial charge in [-0.3, -0.25) is 9.52 Å². The van der Waals surface area contributed by atoms with Gasteiger partial charge in [0.25, 0.3) is 10.0 Å². The normalized spacial score (nSPS) is 17.2. The van der Waals surface area contributed by atoms with E-state index in [4.69, 9.17) is 0 Å². The number of anilines is 3. The second-order valence-corrected chi connectivity index (χ2v) is 8.24. The van der Waals surface area contributed by atoms with Crippen LogP contribution in [0.3, 0.4) is 0 Å². The van der Waals surface area contributed by atoms with Crippen LogP contribution in [0.2, 0.25) is 0 Å². The number of sulfonamides is 1. The van der Waals surface area contributed by atoms with E-state index >= 15 is 0 Å². The van der Waals surface area contributed by atoms with Crippen molar-refractivity contribution in [2.75, 3.05) is 28.6 Å². The summed E-state index contributed by atoms with van der Waals surface area (Å²) in [6, 6.07) is 11.7. The van der Waals surface area contributed by atoms with Gasteiger partial charge in [-0.05, 0) is 43.7 Å². The molecule has 0 fully saturated rings. The minimum Gasteiger partial charge on any atom is -0.361 e. The van der Waals surface area contributed by atoms with E-state index in [-0.39, 0.29) is 16.8 Å². The first-order chi connectivity index (χ1) is 12.2. The largest absolute Gasteiger partial charge is 0.361 e. The first-order valence-corrected chi connectivity index (χ1v) is 9.97. The molecule has 0 saturated heterocycles. The maximum Gasteiger partial charge on any atom is 0.261 e. The third kappa shape index (κ3) is 3.14. The molecule has 1 heterocycles. The highest BCUT2D eigenvalue weighted by atomic mass is 32.2. The Kier molecular flexibility index (Phi) is 4.66. The second-order valence-electron chi connectivity index (χ2n) is 6.55. The minimum absolute atomic E-state index is 0.0375. The van der Waals surface area contributed by atoms with E-state index in [1.165, 1.54) is 0 Å². The van der Waals surface area contributed by atoms with Crippen LogP contribution in [0.25, 0.3) is 0 Å². The fourth-order valence-corrected chi connectivity index (χ4v) is 4.26. The summed E-state index contributed by atoms with van der Waals surface area (Å²) >= 11 is 0. The highest BCUT2D eigenvalue weighted by molar-refractivity contribution is 7.92. The van der Waals surface area contributed by atoms with Gasteiger partial charge in [-0.2, -0.15) is 0 Å². The van der Waals surface area contributed by atoms with E-state index in [9.17, 15) is 13.2 Å². The van der Waals surface area contributed by atoms with Gasteiger partial charge >= 0.3 is 0 Å². The zero-order valence-corrected chi connectivity index (χ0v) is 16.2. The summed E-state index contributed by atoms with van der Waals surface area (Å²) in [5.74, 6) is 0.0375. The Morgan fingerprint density at radius 2 is 1.69 bits per heavy atom. The van der Waals surface area contributed by atoms with Crippen molar-refractivity contribution in [1.82, 2.24) is 0 Å². The number of carbonyl (C=O) groups excluding carboxylic acids is 1. The summed E-state index contributed by atoms with van der Waals surface area (Å²) in [6.45, 7) is 3.87. The van der Waals surface area contributed by atoms with Crippen molar-refractivity contribution in [1.29, 1.82) is 0 Å². The topological polar surface area (TPSA) is 69.7 Å². The van der Waals surface area contributed by atoms with Crippen molar-refractivity contribution >= 4 is 33.0 Å². The monoisotopic (exact) mass is 373 g/mol. The number of hydrogen-bond acceptors (Lipinski definition) is 4. The van der Waals surface area contributed by atoms with Crippen LogP contribution in [0, 0.1) is 6.92 Å². The summed E-state index contributed by atoms with van der Waals surface area (Å²) in [5.41, 5.74) is 3.05. The molecule has 0 bridgehead atoms. The molecule has 0 unspecified atom stereocenters. The average Bonchev–Trinajstić information content (AvgIpc) is 2.60. The van der Waals surface area contributed by atoms with Crippen LogP contribution < -0.4 is 14.5 Å². The van der Waals surface area contributed by atoms with Gasteiger partial charge in [0.05, 0.1) is 22.0 Å². The third-order valence-electron chi connectivity index (χ3n) is 4.77. The molecule has 1 aliphatic rings. The van der Waals surface area contributed by atoms with Crippen molar-refractivity contribution in [3.63, 3.8) is 0 Å². The van der Waals surface area contributed by atoms with Gasteiger partial charge in [0.1, 0.15) is 6.04 Å². The van der Waals surface area contributed by atoms with Crippen LogP contribution in [0.1, 0.15) is 18.9 Å². The molecule has 2 aromatic carbocycles. The molecule has 26 heavy (non-hydrogen) atoms. The van der Waals surface area contributed by atoms with Crippen LogP contribution in [0.5, 0.6) is 0 Å². The maximum absolute atomic E-state index is 12.6. The predicted octanol–water partition coefficient (Wildman–Crippen LogP) is 2.99. The lowest BCUT2D eigenvalue weighted by Crippen LogP contribution is -2.50. The number of hydrogen-bond donors (Lipinski definition) is 1. The Labute approximate surface area is 154 Å². The first kappa shape index (κ1) is 18.3. The van der Waals surface area contributed by atoms with Crippen molar-refractivity contribution in [3.8, 4) is 0 Å². The molecule has 138 valence electrons. The number of rotatable bonds is 4. The van der Waals surface area contributed by atoms with Crippen LogP contribution in [-0.4, -0.2) is 34.5 Å². The lowest BCUT2D eigenvalue weighted by Gasteiger charge is -2.39. The molecule has 1 atom stereocenters. The number of likely N-dealkylation sites (N-methyl/N-ethyl adjacent to an activating group) is 2.